The van der Waals surface area contributed by atoms with Crippen molar-refractivity contribution in [3.05, 3.63) is 23.9 Å². The molecular weight excluding hydrogens is 214 g/mol. The summed E-state index contributed by atoms with van der Waals surface area (Å²) in [5.74, 6) is 0.368. The summed E-state index contributed by atoms with van der Waals surface area (Å²) in [4.78, 5) is 4.12. The number of pyridine rings is 1. The molecule has 15 heavy (non-hydrogen) atoms. The van der Waals surface area contributed by atoms with Crippen LogP contribution >= 0.6 is 11.8 Å². The Morgan fingerprint density at radius 2 is 2.20 bits per heavy atom. The van der Waals surface area contributed by atoms with Gasteiger partial charge in [-0.25, -0.2) is 4.98 Å². The van der Waals surface area contributed by atoms with Crippen molar-refractivity contribution in [1.82, 2.24) is 4.98 Å². The monoisotopic (exact) mass is 229 g/mol. The van der Waals surface area contributed by atoms with E-state index in [-0.39, 0.29) is 6.61 Å². The average molecular weight is 229 g/mol. The first kappa shape index (κ1) is 12.4. The molecule has 0 aliphatic rings. The highest BCUT2D eigenvalue weighted by molar-refractivity contribution is 7.99. The Morgan fingerprint density at radius 3 is 2.80 bits per heavy atom. The summed E-state index contributed by atoms with van der Waals surface area (Å²) in [5.41, 5.74) is 0.743. The second kappa shape index (κ2) is 6.07. The number of hydrogen-bond donors (Lipinski definition) is 3. The summed E-state index contributed by atoms with van der Waals surface area (Å²) in [6.07, 6.45) is 0.311. The van der Waals surface area contributed by atoms with Gasteiger partial charge in [0.05, 0.1) is 18.8 Å². The van der Waals surface area contributed by atoms with Gasteiger partial charge in [-0.15, -0.1) is 11.8 Å². The van der Waals surface area contributed by atoms with E-state index in [0.717, 1.165) is 5.56 Å². The zero-order valence-corrected chi connectivity index (χ0v) is 9.31. The Balaban J connectivity index is 2.67. The first-order chi connectivity index (χ1) is 7.15. The molecular formula is C10H15NO3S. The summed E-state index contributed by atoms with van der Waals surface area (Å²) in [6, 6.07) is 3.56. The lowest BCUT2D eigenvalue weighted by Crippen LogP contribution is -2.15. The number of rotatable bonds is 5. The third-order valence-electron chi connectivity index (χ3n) is 1.87. The van der Waals surface area contributed by atoms with Crippen LogP contribution in [0.2, 0.25) is 0 Å². The van der Waals surface area contributed by atoms with Crippen LogP contribution < -0.4 is 0 Å². The fraction of sp³-hybridized carbons (Fsp3) is 0.500. The fourth-order valence-electron chi connectivity index (χ4n) is 1.07. The van der Waals surface area contributed by atoms with Crippen molar-refractivity contribution in [3.8, 4) is 0 Å². The Morgan fingerprint density at radius 1 is 1.47 bits per heavy atom. The van der Waals surface area contributed by atoms with Crippen LogP contribution in [0.3, 0.4) is 0 Å². The van der Waals surface area contributed by atoms with Gasteiger partial charge in [0.15, 0.2) is 0 Å². The molecule has 1 aromatic heterocycles. The van der Waals surface area contributed by atoms with Gasteiger partial charge in [-0.05, 0) is 13.0 Å². The predicted octanol–water partition coefficient (Wildman–Crippen LogP) is 0.580. The molecule has 0 amide bonds. The highest BCUT2D eigenvalue weighted by atomic mass is 32.2. The van der Waals surface area contributed by atoms with Crippen molar-refractivity contribution in [2.24, 2.45) is 0 Å². The normalized spacial score (nSPS) is 14.9. The third-order valence-corrected chi connectivity index (χ3v) is 3.04. The summed E-state index contributed by atoms with van der Waals surface area (Å²) in [7, 11) is 0. The van der Waals surface area contributed by atoms with Gasteiger partial charge in [-0.3, -0.25) is 0 Å². The molecule has 0 saturated heterocycles. The van der Waals surface area contributed by atoms with E-state index in [1.54, 1.807) is 25.3 Å². The maximum Gasteiger partial charge on any atom is 0.102 e. The van der Waals surface area contributed by atoms with Gasteiger partial charge in [-0.2, -0.15) is 0 Å². The molecule has 0 spiro atoms. The van der Waals surface area contributed by atoms with Crippen LogP contribution in [-0.4, -0.2) is 38.8 Å². The maximum atomic E-state index is 9.46. The Kier molecular flexibility index (Phi) is 5.04. The molecule has 0 aromatic carbocycles. The van der Waals surface area contributed by atoms with Gasteiger partial charge >= 0.3 is 0 Å². The van der Waals surface area contributed by atoms with Crippen LogP contribution in [0.4, 0.5) is 0 Å². The van der Waals surface area contributed by atoms with Gasteiger partial charge in [0, 0.05) is 17.5 Å². The highest BCUT2D eigenvalue weighted by Gasteiger charge is 2.10. The summed E-state index contributed by atoms with van der Waals surface area (Å²) in [5, 5.41) is 28.0. The molecule has 0 bridgehead atoms. The van der Waals surface area contributed by atoms with Gasteiger partial charge < -0.3 is 15.3 Å². The summed E-state index contributed by atoms with van der Waals surface area (Å²) >= 11 is 1.33. The van der Waals surface area contributed by atoms with Gasteiger partial charge in [0.25, 0.3) is 0 Å². The minimum atomic E-state index is -0.751. The quantitative estimate of drug-likeness (QED) is 0.644. The summed E-state index contributed by atoms with van der Waals surface area (Å²) < 4.78 is 0. The fourth-order valence-corrected chi connectivity index (χ4v) is 2.07. The minimum Gasteiger partial charge on any atom is -0.394 e. The highest BCUT2D eigenvalue weighted by Crippen LogP contribution is 2.25. The van der Waals surface area contributed by atoms with Crippen molar-refractivity contribution in [2.75, 3.05) is 12.4 Å². The molecule has 0 aliphatic carbocycles. The van der Waals surface area contributed by atoms with Crippen LogP contribution in [0.25, 0.3) is 0 Å². The number of aliphatic hydroxyl groups is 3. The largest absolute Gasteiger partial charge is 0.394 e. The van der Waals surface area contributed by atoms with E-state index < -0.39 is 12.2 Å². The van der Waals surface area contributed by atoms with Gasteiger partial charge in [0.1, 0.15) is 5.03 Å². The van der Waals surface area contributed by atoms with Crippen molar-refractivity contribution >= 4 is 11.8 Å². The average Bonchev–Trinajstić information content (AvgIpc) is 2.26. The Bertz CT molecular complexity index is 306. The zero-order valence-electron chi connectivity index (χ0n) is 8.50. The number of aliphatic hydroxyl groups excluding tert-OH is 3. The van der Waals surface area contributed by atoms with Crippen LogP contribution in [-0.2, 0) is 0 Å². The van der Waals surface area contributed by atoms with Crippen LogP contribution in [0.5, 0.6) is 0 Å². The SMILES string of the molecule is CC(O)c1cccnc1SCC(O)CO. The molecule has 4 nitrogen and oxygen atoms in total. The third kappa shape index (κ3) is 3.79. The van der Waals surface area contributed by atoms with E-state index in [1.807, 2.05) is 0 Å². The van der Waals surface area contributed by atoms with E-state index in [1.165, 1.54) is 11.8 Å². The molecule has 84 valence electrons. The molecule has 1 aromatic rings. The lowest BCUT2D eigenvalue weighted by Gasteiger charge is -2.11. The van der Waals surface area contributed by atoms with Crippen LogP contribution in [0, 0.1) is 0 Å². The first-order valence-electron chi connectivity index (χ1n) is 4.70. The molecule has 1 heterocycles. The number of aromatic nitrogens is 1. The predicted molar refractivity (Wildman–Crippen MR) is 58.7 cm³/mol. The van der Waals surface area contributed by atoms with Crippen LogP contribution in [0.15, 0.2) is 23.4 Å². The topological polar surface area (TPSA) is 73.6 Å². The molecule has 5 heteroatoms. The lowest BCUT2D eigenvalue weighted by atomic mass is 10.2. The van der Waals surface area contributed by atoms with E-state index in [9.17, 15) is 10.2 Å². The first-order valence-corrected chi connectivity index (χ1v) is 5.68. The maximum absolute atomic E-state index is 9.46. The van der Waals surface area contributed by atoms with Crippen molar-refractivity contribution in [2.45, 2.75) is 24.2 Å². The molecule has 3 N–H and O–H groups in total. The summed E-state index contributed by atoms with van der Waals surface area (Å²) in [6.45, 7) is 1.41. The van der Waals surface area contributed by atoms with Crippen molar-refractivity contribution < 1.29 is 15.3 Å². The van der Waals surface area contributed by atoms with E-state index in [0.29, 0.717) is 10.8 Å². The second-order valence-electron chi connectivity index (χ2n) is 3.22. The molecule has 0 aliphatic heterocycles. The number of hydrogen-bond acceptors (Lipinski definition) is 5. The Labute approximate surface area is 93.0 Å². The molecule has 2 atom stereocenters. The van der Waals surface area contributed by atoms with Gasteiger partial charge in [-0.1, -0.05) is 6.07 Å². The van der Waals surface area contributed by atoms with Crippen molar-refractivity contribution in [1.29, 1.82) is 0 Å². The van der Waals surface area contributed by atoms with Crippen molar-refractivity contribution in [3.63, 3.8) is 0 Å². The van der Waals surface area contributed by atoms with E-state index in [2.05, 4.69) is 4.98 Å². The lowest BCUT2D eigenvalue weighted by molar-refractivity contribution is 0.113. The van der Waals surface area contributed by atoms with E-state index in [4.69, 9.17) is 5.11 Å². The molecule has 0 fully saturated rings. The second-order valence-corrected chi connectivity index (χ2v) is 4.23. The van der Waals surface area contributed by atoms with Crippen LogP contribution in [0.1, 0.15) is 18.6 Å². The van der Waals surface area contributed by atoms with E-state index >= 15 is 0 Å². The standard InChI is InChI=1S/C10H15NO3S/c1-7(13)9-3-2-4-11-10(9)15-6-8(14)5-12/h2-4,7-8,12-14H,5-6H2,1H3. The Hall–Kier alpha value is -0.620. The zero-order chi connectivity index (χ0) is 11.3. The minimum absolute atomic E-state index is 0.260. The molecule has 2 unspecified atom stereocenters. The smallest absolute Gasteiger partial charge is 0.102 e. The number of thioether (sulfide) groups is 1. The number of nitrogens with zero attached hydrogens (tertiary/aromatic N) is 1. The molecule has 0 radical (unpaired) electrons. The molecule has 1 rings (SSSR count). The molecule has 0 saturated carbocycles. The van der Waals surface area contributed by atoms with Gasteiger partial charge in [0.2, 0.25) is 0 Å².